The number of hydrogen-bond acceptors (Lipinski definition) is 5. The van der Waals surface area contributed by atoms with Gasteiger partial charge in [0, 0.05) is 18.3 Å². The fourth-order valence-electron chi connectivity index (χ4n) is 2.41. The fourth-order valence-corrected chi connectivity index (χ4v) is 2.67. The summed E-state index contributed by atoms with van der Waals surface area (Å²) in [5, 5.41) is 6.93. The van der Waals surface area contributed by atoms with Crippen LogP contribution in [0.4, 0.5) is 21.7 Å². The van der Waals surface area contributed by atoms with Gasteiger partial charge in [-0.2, -0.15) is 0 Å². The number of rotatable bonds is 6. The second-order valence-corrected chi connectivity index (χ2v) is 6.05. The third kappa shape index (κ3) is 4.61. The predicted molar refractivity (Wildman–Crippen MR) is 102 cm³/mol. The molecule has 0 radical (unpaired) electrons. The van der Waals surface area contributed by atoms with Crippen LogP contribution in [0, 0.1) is 12.7 Å². The Kier molecular flexibility index (Phi) is 5.53. The average Bonchev–Trinajstić information content (AvgIpc) is 2.61. The van der Waals surface area contributed by atoms with E-state index in [1.807, 2.05) is 13.0 Å². The minimum absolute atomic E-state index is 0.253. The number of anilines is 3. The van der Waals surface area contributed by atoms with Crippen molar-refractivity contribution in [1.82, 2.24) is 9.97 Å². The Morgan fingerprint density at radius 2 is 1.77 bits per heavy atom. The number of nitrogens with one attached hydrogen (secondary N) is 2. The maximum atomic E-state index is 13.0. The van der Waals surface area contributed by atoms with Crippen LogP contribution in [0.15, 0.2) is 48.5 Å². The molecule has 5 nitrogen and oxygen atoms in total. The zero-order valence-corrected chi connectivity index (χ0v) is 15.1. The number of ether oxygens (including phenoxy) is 1. The molecule has 1 aromatic heterocycles. The number of nitrogens with zero attached hydrogens (tertiary/aromatic N) is 2. The molecule has 0 saturated carbocycles. The van der Waals surface area contributed by atoms with Crippen molar-refractivity contribution >= 4 is 28.9 Å². The van der Waals surface area contributed by atoms with Gasteiger partial charge in [0.25, 0.3) is 0 Å². The zero-order chi connectivity index (χ0) is 18.5. The summed E-state index contributed by atoms with van der Waals surface area (Å²) in [4.78, 5) is 8.75. The molecule has 0 saturated heterocycles. The van der Waals surface area contributed by atoms with E-state index in [0.29, 0.717) is 34.8 Å². The summed E-state index contributed by atoms with van der Waals surface area (Å²) < 4.78 is 18.1. The summed E-state index contributed by atoms with van der Waals surface area (Å²) in [5.74, 6) is 2.29. The molecule has 0 aliphatic heterocycles. The molecule has 0 amide bonds. The van der Waals surface area contributed by atoms with E-state index < -0.39 is 0 Å². The summed E-state index contributed by atoms with van der Waals surface area (Å²) in [7, 11) is 1.57. The lowest BCUT2D eigenvalue weighted by Gasteiger charge is -2.11. The van der Waals surface area contributed by atoms with Crippen molar-refractivity contribution in [1.29, 1.82) is 0 Å². The van der Waals surface area contributed by atoms with Crippen LogP contribution >= 0.6 is 11.6 Å². The van der Waals surface area contributed by atoms with Crippen molar-refractivity contribution in [3.8, 4) is 5.75 Å². The molecular formula is C19H18ClFN4O. The smallest absolute Gasteiger partial charge is 0.137 e. The lowest BCUT2D eigenvalue weighted by atomic mass is 10.2. The molecule has 2 N–H and O–H groups in total. The Labute approximate surface area is 156 Å². The third-order valence-corrected chi connectivity index (χ3v) is 3.94. The quantitative estimate of drug-likeness (QED) is 0.641. The van der Waals surface area contributed by atoms with Gasteiger partial charge in [-0.3, -0.25) is 0 Å². The van der Waals surface area contributed by atoms with E-state index in [9.17, 15) is 4.39 Å². The Morgan fingerprint density at radius 3 is 2.46 bits per heavy atom. The van der Waals surface area contributed by atoms with Gasteiger partial charge >= 0.3 is 0 Å². The van der Waals surface area contributed by atoms with E-state index in [-0.39, 0.29) is 5.82 Å². The monoisotopic (exact) mass is 372 g/mol. The molecule has 0 atom stereocenters. The number of aryl methyl sites for hydroxylation is 1. The average molecular weight is 373 g/mol. The third-order valence-electron chi connectivity index (χ3n) is 3.65. The van der Waals surface area contributed by atoms with Crippen LogP contribution in [0.25, 0.3) is 0 Å². The van der Waals surface area contributed by atoms with E-state index >= 15 is 0 Å². The maximum absolute atomic E-state index is 13.0. The molecular weight excluding hydrogens is 355 g/mol. The highest BCUT2D eigenvalue weighted by molar-refractivity contribution is 6.32. The molecule has 3 aromatic rings. The zero-order valence-electron chi connectivity index (χ0n) is 14.4. The largest absolute Gasteiger partial charge is 0.495 e. The number of halogens is 2. The maximum Gasteiger partial charge on any atom is 0.137 e. The Hall–Kier alpha value is -2.86. The summed E-state index contributed by atoms with van der Waals surface area (Å²) in [5.41, 5.74) is 1.75. The predicted octanol–water partition coefficient (Wildman–Crippen LogP) is 4.94. The van der Waals surface area contributed by atoms with Crippen molar-refractivity contribution in [2.45, 2.75) is 13.5 Å². The van der Waals surface area contributed by atoms with Crippen LogP contribution in [-0.2, 0) is 6.54 Å². The first kappa shape index (κ1) is 17.9. The van der Waals surface area contributed by atoms with Crippen LogP contribution in [0.1, 0.15) is 11.4 Å². The Balaban J connectivity index is 1.72. The molecule has 0 aliphatic carbocycles. The summed E-state index contributed by atoms with van der Waals surface area (Å²) in [6.45, 7) is 2.35. The van der Waals surface area contributed by atoms with Gasteiger partial charge in [0.15, 0.2) is 0 Å². The molecule has 2 aromatic carbocycles. The Morgan fingerprint density at radius 1 is 1.04 bits per heavy atom. The molecule has 0 fully saturated rings. The van der Waals surface area contributed by atoms with Crippen molar-refractivity contribution in [3.63, 3.8) is 0 Å². The molecule has 0 bridgehead atoms. The van der Waals surface area contributed by atoms with Crippen LogP contribution in [0.2, 0.25) is 5.02 Å². The number of hydrogen-bond donors (Lipinski definition) is 2. The standard InChI is InChI=1S/C19H18ClFN4O/c1-12-23-18(22-11-13-3-5-14(21)6-4-13)10-19(24-12)25-15-7-8-17(26-2)16(20)9-15/h3-10H,11H2,1-2H3,(H2,22,23,24,25). The first-order valence-electron chi connectivity index (χ1n) is 7.98. The van der Waals surface area contributed by atoms with Gasteiger partial charge in [-0.1, -0.05) is 23.7 Å². The molecule has 0 aliphatic rings. The molecule has 26 heavy (non-hydrogen) atoms. The van der Waals surface area contributed by atoms with Gasteiger partial charge in [-0.15, -0.1) is 0 Å². The second-order valence-electron chi connectivity index (χ2n) is 5.64. The van der Waals surface area contributed by atoms with Gasteiger partial charge in [-0.25, -0.2) is 14.4 Å². The highest BCUT2D eigenvalue weighted by Gasteiger charge is 2.06. The van der Waals surface area contributed by atoms with Crippen LogP contribution in [-0.4, -0.2) is 17.1 Å². The normalized spacial score (nSPS) is 10.5. The molecule has 1 heterocycles. The van der Waals surface area contributed by atoms with Crippen LogP contribution < -0.4 is 15.4 Å². The van der Waals surface area contributed by atoms with Crippen molar-refractivity contribution in [3.05, 3.63) is 70.8 Å². The van der Waals surface area contributed by atoms with Gasteiger partial charge < -0.3 is 15.4 Å². The number of benzene rings is 2. The van der Waals surface area contributed by atoms with E-state index in [0.717, 1.165) is 11.3 Å². The van der Waals surface area contributed by atoms with E-state index in [4.69, 9.17) is 16.3 Å². The molecule has 0 unspecified atom stereocenters. The van der Waals surface area contributed by atoms with Gasteiger partial charge in [-0.05, 0) is 42.8 Å². The fraction of sp³-hybridized carbons (Fsp3) is 0.158. The second kappa shape index (κ2) is 8.01. The van der Waals surface area contributed by atoms with Gasteiger partial charge in [0.2, 0.25) is 0 Å². The van der Waals surface area contributed by atoms with E-state index in [1.165, 1.54) is 12.1 Å². The lowest BCUT2D eigenvalue weighted by Crippen LogP contribution is -2.05. The highest BCUT2D eigenvalue weighted by Crippen LogP contribution is 2.28. The minimum atomic E-state index is -0.253. The first-order chi connectivity index (χ1) is 12.5. The summed E-state index contributed by atoms with van der Waals surface area (Å²) in [6.07, 6.45) is 0. The van der Waals surface area contributed by atoms with Crippen molar-refractivity contribution in [2.75, 3.05) is 17.7 Å². The van der Waals surface area contributed by atoms with Gasteiger partial charge in [0.05, 0.1) is 12.1 Å². The Bertz CT molecular complexity index is 903. The van der Waals surface area contributed by atoms with Crippen LogP contribution in [0.5, 0.6) is 5.75 Å². The molecule has 7 heteroatoms. The first-order valence-corrected chi connectivity index (χ1v) is 8.36. The number of aromatic nitrogens is 2. The topological polar surface area (TPSA) is 59.1 Å². The molecule has 0 spiro atoms. The van der Waals surface area contributed by atoms with E-state index in [1.54, 1.807) is 37.4 Å². The van der Waals surface area contributed by atoms with Crippen molar-refractivity contribution < 1.29 is 9.13 Å². The van der Waals surface area contributed by atoms with Gasteiger partial charge in [0.1, 0.15) is 29.0 Å². The summed E-state index contributed by atoms with van der Waals surface area (Å²) in [6, 6.07) is 13.5. The highest BCUT2D eigenvalue weighted by atomic mass is 35.5. The summed E-state index contributed by atoms with van der Waals surface area (Å²) >= 11 is 6.15. The minimum Gasteiger partial charge on any atom is -0.495 e. The SMILES string of the molecule is COc1ccc(Nc2cc(NCc3ccc(F)cc3)nc(C)n2)cc1Cl. The van der Waals surface area contributed by atoms with Crippen molar-refractivity contribution in [2.24, 2.45) is 0 Å². The van der Waals surface area contributed by atoms with Crippen LogP contribution in [0.3, 0.4) is 0 Å². The molecule has 3 rings (SSSR count). The van der Waals surface area contributed by atoms with E-state index in [2.05, 4.69) is 20.6 Å². The number of methoxy groups -OCH3 is 1. The molecule has 134 valence electrons. The lowest BCUT2D eigenvalue weighted by molar-refractivity contribution is 0.415.